The molecular formula is C16H20N2O3. The monoisotopic (exact) mass is 288 g/mol. The van der Waals surface area contributed by atoms with Gasteiger partial charge in [0, 0.05) is 25.6 Å². The number of rotatable bonds is 9. The van der Waals surface area contributed by atoms with E-state index in [4.69, 9.17) is 15.1 Å². The molecule has 0 saturated heterocycles. The van der Waals surface area contributed by atoms with Crippen LogP contribution >= 0.6 is 0 Å². The van der Waals surface area contributed by atoms with Gasteiger partial charge in [0.25, 0.3) is 0 Å². The van der Waals surface area contributed by atoms with Crippen molar-refractivity contribution in [2.75, 3.05) is 26.2 Å². The number of aliphatic carboxylic acids is 1. The Morgan fingerprint density at radius 1 is 1.48 bits per heavy atom. The lowest BCUT2D eigenvalue weighted by Crippen LogP contribution is -2.29. The molecule has 0 aliphatic carbocycles. The van der Waals surface area contributed by atoms with Gasteiger partial charge in [-0.2, -0.15) is 5.26 Å². The molecule has 0 fully saturated rings. The molecule has 0 aliphatic heterocycles. The topological polar surface area (TPSA) is 73.6 Å². The Morgan fingerprint density at radius 2 is 2.29 bits per heavy atom. The summed E-state index contributed by atoms with van der Waals surface area (Å²) in [6, 6.07) is 9.41. The first-order valence-corrected chi connectivity index (χ1v) is 6.89. The molecule has 5 nitrogen and oxygen atoms in total. The number of hydrogen-bond acceptors (Lipinski definition) is 4. The maximum atomic E-state index is 10.5. The number of carboxylic acids is 1. The summed E-state index contributed by atoms with van der Waals surface area (Å²) in [6.45, 7) is 4.97. The summed E-state index contributed by atoms with van der Waals surface area (Å²) >= 11 is 0. The maximum Gasteiger partial charge on any atom is 0.328 e. The highest BCUT2D eigenvalue weighted by molar-refractivity contribution is 5.85. The van der Waals surface area contributed by atoms with E-state index in [2.05, 4.69) is 17.9 Å². The number of nitriles is 1. The van der Waals surface area contributed by atoms with E-state index in [-0.39, 0.29) is 0 Å². The quantitative estimate of drug-likeness (QED) is 0.706. The summed E-state index contributed by atoms with van der Waals surface area (Å²) in [5.41, 5.74) is 0.784. The number of carbonyl (C=O) groups is 1. The Labute approximate surface area is 125 Å². The first kappa shape index (κ1) is 16.7. The molecule has 5 heteroatoms. The van der Waals surface area contributed by atoms with Crippen LogP contribution in [0.1, 0.15) is 18.9 Å². The normalized spacial score (nSPS) is 10.7. The van der Waals surface area contributed by atoms with E-state index >= 15 is 0 Å². The molecular weight excluding hydrogens is 268 g/mol. The number of carboxylic acid groups (broad SMARTS) is 1. The number of nitrogens with zero attached hydrogens (tertiary/aromatic N) is 2. The van der Waals surface area contributed by atoms with Crippen LogP contribution in [0.3, 0.4) is 0 Å². The van der Waals surface area contributed by atoms with Crippen LogP contribution in [0.2, 0.25) is 0 Å². The minimum absolute atomic E-state index is 0.517. The number of ether oxygens (including phenoxy) is 1. The molecule has 0 saturated carbocycles. The number of likely N-dealkylation sites (N-methyl/N-ethyl adjacent to an activating group) is 1. The third-order valence-corrected chi connectivity index (χ3v) is 2.94. The van der Waals surface area contributed by atoms with Gasteiger partial charge in [0.15, 0.2) is 0 Å². The fraction of sp³-hybridized carbons (Fsp3) is 0.375. The van der Waals surface area contributed by atoms with Crippen molar-refractivity contribution in [1.82, 2.24) is 4.90 Å². The third-order valence-electron chi connectivity index (χ3n) is 2.94. The van der Waals surface area contributed by atoms with Gasteiger partial charge in [-0.1, -0.05) is 19.1 Å². The van der Waals surface area contributed by atoms with Gasteiger partial charge in [0.2, 0.25) is 0 Å². The van der Waals surface area contributed by atoms with Crippen LogP contribution in [-0.4, -0.2) is 42.2 Å². The first-order valence-electron chi connectivity index (χ1n) is 6.89. The summed E-state index contributed by atoms with van der Waals surface area (Å²) in [6.07, 6.45) is 3.14. The van der Waals surface area contributed by atoms with Crippen molar-refractivity contribution < 1.29 is 14.6 Å². The summed E-state index contributed by atoms with van der Waals surface area (Å²) in [4.78, 5) is 12.6. The van der Waals surface area contributed by atoms with Crippen LogP contribution < -0.4 is 4.74 Å². The average Bonchev–Trinajstić information content (AvgIpc) is 2.49. The van der Waals surface area contributed by atoms with Crippen LogP contribution in [0, 0.1) is 11.3 Å². The summed E-state index contributed by atoms with van der Waals surface area (Å²) in [7, 11) is 0. The molecule has 1 rings (SSSR count). The Balaban J connectivity index is 2.46. The third kappa shape index (κ3) is 7.14. The zero-order valence-electron chi connectivity index (χ0n) is 12.2. The second kappa shape index (κ2) is 9.56. The van der Waals surface area contributed by atoms with Crippen molar-refractivity contribution in [2.24, 2.45) is 0 Å². The Bertz CT molecular complexity index is 520. The standard InChI is InChI=1S/C16H20N2O3/c1-2-18(10-4-9-17)11-12-21-15-6-3-5-14(13-15)7-8-16(19)20/h3,5-8,13H,2,4,10-12H2,1H3,(H,19,20). The van der Waals surface area contributed by atoms with Crippen LogP contribution in [0.25, 0.3) is 6.08 Å². The predicted molar refractivity (Wildman–Crippen MR) is 81.0 cm³/mol. The van der Waals surface area contributed by atoms with Crippen molar-refractivity contribution in [3.05, 3.63) is 35.9 Å². The predicted octanol–water partition coefficient (Wildman–Crippen LogP) is 2.40. The zero-order valence-corrected chi connectivity index (χ0v) is 12.2. The number of benzene rings is 1. The highest BCUT2D eigenvalue weighted by Crippen LogP contribution is 2.14. The molecule has 0 bridgehead atoms. The minimum atomic E-state index is -0.975. The van der Waals surface area contributed by atoms with Crippen LogP contribution in [-0.2, 0) is 4.79 Å². The summed E-state index contributed by atoms with van der Waals surface area (Å²) in [5.74, 6) is -0.267. The van der Waals surface area contributed by atoms with Crippen molar-refractivity contribution >= 4 is 12.0 Å². The summed E-state index contributed by atoms with van der Waals surface area (Å²) in [5, 5.41) is 17.2. The molecule has 0 amide bonds. The molecule has 112 valence electrons. The van der Waals surface area contributed by atoms with Crippen molar-refractivity contribution in [3.8, 4) is 11.8 Å². The SMILES string of the molecule is CCN(CCC#N)CCOc1cccc(C=CC(=O)O)c1. The molecule has 1 aromatic carbocycles. The van der Waals surface area contributed by atoms with Crippen molar-refractivity contribution in [3.63, 3.8) is 0 Å². The fourth-order valence-corrected chi connectivity index (χ4v) is 1.80. The van der Waals surface area contributed by atoms with Crippen LogP contribution in [0.4, 0.5) is 0 Å². The average molecular weight is 288 g/mol. The Kier molecular flexibility index (Phi) is 7.62. The largest absolute Gasteiger partial charge is 0.492 e. The lowest BCUT2D eigenvalue weighted by atomic mass is 10.2. The van der Waals surface area contributed by atoms with Crippen molar-refractivity contribution in [2.45, 2.75) is 13.3 Å². The van der Waals surface area contributed by atoms with Crippen LogP contribution in [0.5, 0.6) is 5.75 Å². The molecule has 1 N–H and O–H groups in total. The Hall–Kier alpha value is -2.32. The molecule has 21 heavy (non-hydrogen) atoms. The van der Waals surface area contributed by atoms with Gasteiger partial charge in [0.05, 0.1) is 6.07 Å². The lowest BCUT2D eigenvalue weighted by molar-refractivity contribution is -0.131. The fourth-order valence-electron chi connectivity index (χ4n) is 1.80. The lowest BCUT2D eigenvalue weighted by Gasteiger charge is -2.18. The maximum absolute atomic E-state index is 10.5. The molecule has 0 aliphatic rings. The number of hydrogen-bond donors (Lipinski definition) is 1. The Morgan fingerprint density at radius 3 is 2.95 bits per heavy atom. The second-order valence-electron chi connectivity index (χ2n) is 4.43. The second-order valence-corrected chi connectivity index (χ2v) is 4.43. The van der Waals surface area contributed by atoms with Gasteiger partial charge >= 0.3 is 5.97 Å². The summed E-state index contributed by atoms with van der Waals surface area (Å²) < 4.78 is 5.66. The van der Waals surface area contributed by atoms with Gasteiger partial charge in [-0.3, -0.25) is 4.90 Å². The first-order chi connectivity index (χ1) is 10.2. The molecule has 0 atom stereocenters. The zero-order chi connectivity index (χ0) is 15.5. The van der Waals surface area contributed by atoms with Gasteiger partial charge in [-0.15, -0.1) is 0 Å². The molecule has 0 unspecified atom stereocenters. The van der Waals surface area contributed by atoms with E-state index in [0.29, 0.717) is 18.8 Å². The highest BCUT2D eigenvalue weighted by Gasteiger charge is 2.02. The van der Waals surface area contributed by atoms with E-state index in [1.165, 1.54) is 6.08 Å². The minimum Gasteiger partial charge on any atom is -0.492 e. The van der Waals surface area contributed by atoms with E-state index in [9.17, 15) is 4.79 Å². The van der Waals surface area contributed by atoms with Crippen molar-refractivity contribution in [1.29, 1.82) is 5.26 Å². The van der Waals surface area contributed by atoms with Gasteiger partial charge < -0.3 is 9.84 Å². The van der Waals surface area contributed by atoms with Gasteiger partial charge in [0.1, 0.15) is 12.4 Å². The van der Waals surface area contributed by atoms with Gasteiger partial charge in [-0.25, -0.2) is 4.79 Å². The smallest absolute Gasteiger partial charge is 0.328 e. The molecule has 0 spiro atoms. The molecule has 0 aromatic heterocycles. The molecule has 0 heterocycles. The van der Waals surface area contributed by atoms with E-state index < -0.39 is 5.97 Å². The van der Waals surface area contributed by atoms with Crippen LogP contribution in [0.15, 0.2) is 30.3 Å². The molecule has 1 aromatic rings. The van der Waals surface area contributed by atoms with E-state index in [0.717, 1.165) is 31.3 Å². The molecule has 0 radical (unpaired) electrons. The van der Waals surface area contributed by atoms with E-state index in [1.807, 2.05) is 18.2 Å². The van der Waals surface area contributed by atoms with E-state index in [1.54, 1.807) is 6.07 Å². The highest BCUT2D eigenvalue weighted by atomic mass is 16.5. The van der Waals surface area contributed by atoms with Gasteiger partial charge in [-0.05, 0) is 30.3 Å².